The van der Waals surface area contributed by atoms with E-state index in [1.54, 1.807) is 24.0 Å². The molecule has 8 nitrogen and oxygen atoms in total. The number of sulfone groups is 1. The minimum atomic E-state index is -3.77. The molecule has 1 saturated carbocycles. The van der Waals surface area contributed by atoms with Gasteiger partial charge in [-0.05, 0) is 30.7 Å². The van der Waals surface area contributed by atoms with Gasteiger partial charge < -0.3 is 5.32 Å². The van der Waals surface area contributed by atoms with E-state index in [4.69, 9.17) is 0 Å². The van der Waals surface area contributed by atoms with Crippen molar-refractivity contribution in [3.05, 3.63) is 47.5 Å². The van der Waals surface area contributed by atoms with Gasteiger partial charge in [-0.2, -0.15) is 5.10 Å². The molecule has 0 spiro atoms. The van der Waals surface area contributed by atoms with Gasteiger partial charge in [0, 0.05) is 43.8 Å². The van der Waals surface area contributed by atoms with Gasteiger partial charge in [0.15, 0.2) is 9.84 Å². The highest BCUT2D eigenvalue weighted by Gasteiger charge is 2.60. The predicted molar refractivity (Wildman–Crippen MR) is 133 cm³/mol. The Hall–Kier alpha value is -3.61. The van der Waals surface area contributed by atoms with Crippen LogP contribution in [0.5, 0.6) is 0 Å². The van der Waals surface area contributed by atoms with Crippen LogP contribution in [-0.4, -0.2) is 53.3 Å². The Balaban J connectivity index is 1.56. The summed E-state index contributed by atoms with van der Waals surface area (Å²) in [5.74, 6) is -5.13. The fourth-order valence-electron chi connectivity index (χ4n) is 4.45. The molecule has 3 heterocycles. The van der Waals surface area contributed by atoms with Crippen LogP contribution in [0.15, 0.2) is 40.4 Å². The van der Waals surface area contributed by atoms with E-state index < -0.39 is 52.4 Å². The molecule has 13 heteroatoms. The average Bonchev–Trinajstić information content (AvgIpc) is 3.12. The number of Topliss-reactive ketones (excluding diaryl/α,β-unsaturated/α-hetero) is 1. The van der Waals surface area contributed by atoms with E-state index in [1.165, 1.54) is 18.2 Å². The summed E-state index contributed by atoms with van der Waals surface area (Å²) in [5, 5.41) is 7.15. The lowest BCUT2D eigenvalue weighted by atomic mass is 10.1. The van der Waals surface area contributed by atoms with Crippen molar-refractivity contribution in [2.75, 3.05) is 11.6 Å². The first kappa shape index (κ1) is 26.0. The standard InChI is InChI=1S/C25H23F4N5O3S/c1-12-15(11-30-34(12)2)13-4-5-17(22(6-13)38(3,36)37)32-18-7-14(8-21(35)16-10-25(16,28)29)31-19-9-20(24(26)27)33-23(18)19/h4-7,11,16,24H,8-10H2,1-3H3,(H,31,32). The quantitative estimate of drug-likeness (QED) is 0.412. The van der Waals surface area contributed by atoms with Crippen LogP contribution in [0.25, 0.3) is 11.1 Å². The third kappa shape index (κ3) is 4.82. The fourth-order valence-corrected chi connectivity index (χ4v) is 5.31. The van der Waals surface area contributed by atoms with Crippen LogP contribution >= 0.6 is 0 Å². The SMILES string of the molecule is Cc1c(-c2ccc(Nc3cc(CC(=O)C4CC4(F)F)nc4c3N=C(C(F)F)C4)c(S(C)(=O)=O)c2)cnn1C. The number of anilines is 2. The summed E-state index contributed by atoms with van der Waals surface area (Å²) in [4.78, 5) is 20.5. The van der Waals surface area contributed by atoms with Crippen LogP contribution in [0.1, 0.15) is 23.5 Å². The normalized spacial score (nSPS) is 17.9. The van der Waals surface area contributed by atoms with Crippen LogP contribution in [0.3, 0.4) is 0 Å². The molecule has 38 heavy (non-hydrogen) atoms. The summed E-state index contributed by atoms with van der Waals surface area (Å²) in [5.41, 5.74) is 2.37. The molecular formula is C25H23F4N5O3S. The van der Waals surface area contributed by atoms with E-state index in [-0.39, 0.29) is 39.8 Å². The lowest BCUT2D eigenvalue weighted by molar-refractivity contribution is -0.121. The molecule has 0 bridgehead atoms. The number of rotatable bonds is 8. The number of ketones is 1. The molecule has 1 aromatic carbocycles. The van der Waals surface area contributed by atoms with Crippen LogP contribution in [0.2, 0.25) is 0 Å². The molecule has 1 atom stereocenters. The van der Waals surface area contributed by atoms with Gasteiger partial charge >= 0.3 is 0 Å². The largest absolute Gasteiger partial charge is 0.353 e. The molecule has 1 N–H and O–H groups in total. The number of aryl methyl sites for hydroxylation is 1. The molecule has 0 radical (unpaired) electrons. The van der Waals surface area contributed by atoms with E-state index in [0.29, 0.717) is 5.56 Å². The van der Waals surface area contributed by atoms with E-state index >= 15 is 0 Å². The second-order valence-electron chi connectivity index (χ2n) is 9.57. The summed E-state index contributed by atoms with van der Waals surface area (Å²) >= 11 is 0. The zero-order valence-electron chi connectivity index (χ0n) is 20.6. The zero-order valence-corrected chi connectivity index (χ0v) is 21.4. The van der Waals surface area contributed by atoms with Crippen LogP contribution in [-0.2, 0) is 34.5 Å². The summed E-state index contributed by atoms with van der Waals surface area (Å²) in [6, 6.07) is 6.07. The maximum Gasteiger partial charge on any atom is 0.277 e. The molecule has 1 aliphatic carbocycles. The highest BCUT2D eigenvalue weighted by Crippen LogP contribution is 2.49. The number of pyridine rings is 1. The van der Waals surface area contributed by atoms with Gasteiger partial charge in [0.25, 0.3) is 12.3 Å². The van der Waals surface area contributed by atoms with Crippen molar-refractivity contribution in [1.82, 2.24) is 14.8 Å². The smallest absolute Gasteiger partial charge is 0.277 e. The maximum atomic E-state index is 13.4. The predicted octanol–water partition coefficient (Wildman–Crippen LogP) is 4.60. The molecule has 200 valence electrons. The first-order valence-electron chi connectivity index (χ1n) is 11.6. The molecule has 2 aromatic heterocycles. The van der Waals surface area contributed by atoms with Crippen molar-refractivity contribution in [1.29, 1.82) is 0 Å². The van der Waals surface area contributed by atoms with Gasteiger partial charge in [0.2, 0.25) is 0 Å². The highest BCUT2D eigenvalue weighted by atomic mass is 32.2. The zero-order chi connectivity index (χ0) is 27.6. The maximum absolute atomic E-state index is 13.4. The molecule has 2 aliphatic rings. The van der Waals surface area contributed by atoms with E-state index in [1.807, 2.05) is 6.92 Å². The summed E-state index contributed by atoms with van der Waals surface area (Å²) in [7, 11) is -2.01. The van der Waals surface area contributed by atoms with Crippen LogP contribution < -0.4 is 5.32 Å². The minimum absolute atomic E-state index is 0.0601. The molecule has 1 fully saturated rings. The number of carbonyl (C=O) groups excluding carboxylic acids is 1. The number of fused-ring (bicyclic) bond motifs is 1. The van der Waals surface area contributed by atoms with E-state index in [9.17, 15) is 30.8 Å². The molecule has 0 saturated heterocycles. The number of nitrogens with one attached hydrogen (secondary N) is 1. The number of halogens is 4. The summed E-state index contributed by atoms with van der Waals surface area (Å²) in [6.07, 6.45) is -1.40. The Labute approximate surface area is 215 Å². The van der Waals surface area contributed by atoms with Crippen molar-refractivity contribution in [3.63, 3.8) is 0 Å². The molecule has 0 amide bonds. The summed E-state index contributed by atoms with van der Waals surface area (Å²) < 4.78 is 80.8. The lowest BCUT2D eigenvalue weighted by Gasteiger charge is -2.16. The fraction of sp³-hybridized carbons (Fsp3) is 0.360. The highest BCUT2D eigenvalue weighted by molar-refractivity contribution is 7.90. The second kappa shape index (κ2) is 9.00. The number of nitrogens with zero attached hydrogens (tertiary/aromatic N) is 4. The van der Waals surface area contributed by atoms with Crippen molar-refractivity contribution in [3.8, 4) is 11.1 Å². The molecule has 1 aliphatic heterocycles. The number of hydrogen-bond acceptors (Lipinski definition) is 7. The van der Waals surface area contributed by atoms with Crippen molar-refractivity contribution in [2.24, 2.45) is 18.0 Å². The van der Waals surface area contributed by atoms with E-state index in [2.05, 4.69) is 20.4 Å². The lowest BCUT2D eigenvalue weighted by Crippen LogP contribution is -2.13. The molecule has 1 unspecified atom stereocenters. The number of benzene rings is 1. The van der Waals surface area contributed by atoms with Crippen molar-refractivity contribution < 1.29 is 30.8 Å². The van der Waals surface area contributed by atoms with Gasteiger partial charge in [-0.3, -0.25) is 14.5 Å². The van der Waals surface area contributed by atoms with Gasteiger partial charge in [0.1, 0.15) is 11.5 Å². The third-order valence-corrected chi connectivity index (χ3v) is 7.88. The van der Waals surface area contributed by atoms with E-state index in [0.717, 1.165) is 17.5 Å². The van der Waals surface area contributed by atoms with Crippen molar-refractivity contribution >= 4 is 38.4 Å². The first-order chi connectivity index (χ1) is 17.7. The summed E-state index contributed by atoms with van der Waals surface area (Å²) in [6.45, 7) is 1.84. The molecule has 3 aromatic rings. The Bertz CT molecular complexity index is 1620. The van der Waals surface area contributed by atoms with Crippen LogP contribution in [0.4, 0.5) is 34.6 Å². The number of aliphatic imine (C=N–C) groups is 1. The van der Waals surface area contributed by atoms with Crippen molar-refractivity contribution in [2.45, 2.75) is 43.4 Å². The second-order valence-corrected chi connectivity index (χ2v) is 11.6. The minimum Gasteiger partial charge on any atom is -0.353 e. The Kier molecular flexibility index (Phi) is 6.16. The molecule has 5 rings (SSSR count). The average molecular weight is 550 g/mol. The first-order valence-corrected chi connectivity index (χ1v) is 13.5. The Morgan fingerprint density at radius 2 is 1.95 bits per heavy atom. The Morgan fingerprint density at radius 1 is 1.24 bits per heavy atom. The van der Waals surface area contributed by atoms with Gasteiger partial charge in [-0.1, -0.05) is 6.07 Å². The number of alkyl halides is 4. The van der Waals surface area contributed by atoms with Gasteiger partial charge in [-0.15, -0.1) is 0 Å². The number of carbonyl (C=O) groups is 1. The van der Waals surface area contributed by atoms with Crippen LogP contribution in [0, 0.1) is 12.8 Å². The number of aromatic nitrogens is 3. The van der Waals surface area contributed by atoms with Gasteiger partial charge in [-0.25, -0.2) is 31.0 Å². The topological polar surface area (TPSA) is 106 Å². The molecular weight excluding hydrogens is 526 g/mol. The van der Waals surface area contributed by atoms with Gasteiger partial charge in [0.05, 0.1) is 45.5 Å². The Morgan fingerprint density at radius 3 is 2.53 bits per heavy atom. The third-order valence-electron chi connectivity index (χ3n) is 6.74. The number of hydrogen-bond donors (Lipinski definition) is 1. The monoisotopic (exact) mass is 549 g/mol.